The summed E-state index contributed by atoms with van der Waals surface area (Å²) in [6, 6.07) is 16.9. The minimum Gasteiger partial charge on any atom is -0.248 e. The normalized spacial score (nSPS) is 10.9. The summed E-state index contributed by atoms with van der Waals surface area (Å²) < 4.78 is 0. The van der Waals surface area contributed by atoms with Crippen LogP contribution in [0, 0.1) is 13.8 Å². The quantitative estimate of drug-likeness (QED) is 0.622. The van der Waals surface area contributed by atoms with Gasteiger partial charge in [0.2, 0.25) is 0 Å². The molecule has 3 rings (SSSR count). The van der Waals surface area contributed by atoms with E-state index in [2.05, 4.69) is 75.9 Å². The molecule has 22 heavy (non-hydrogen) atoms. The Balaban J connectivity index is 2.14. The second kappa shape index (κ2) is 5.76. The molecule has 0 aliphatic carbocycles. The summed E-state index contributed by atoms with van der Waals surface area (Å²) in [5, 5.41) is 1.19. The lowest BCUT2D eigenvalue weighted by atomic mass is 9.97. The van der Waals surface area contributed by atoms with Gasteiger partial charge in [0.25, 0.3) is 0 Å². The topological polar surface area (TPSA) is 12.9 Å². The van der Waals surface area contributed by atoms with Crippen LogP contribution in [0.5, 0.6) is 0 Å². The zero-order chi connectivity index (χ0) is 15.7. The molecule has 1 heteroatoms. The first-order valence-corrected chi connectivity index (χ1v) is 7.76. The van der Waals surface area contributed by atoms with Crippen molar-refractivity contribution >= 4 is 16.5 Å². The Hall–Kier alpha value is -2.41. The molecule has 3 aromatic rings. The van der Waals surface area contributed by atoms with E-state index in [9.17, 15) is 0 Å². The average Bonchev–Trinajstić information content (AvgIpc) is 2.55. The lowest BCUT2D eigenvalue weighted by molar-refractivity contribution is 1.11. The lowest BCUT2D eigenvalue weighted by Crippen LogP contribution is -1.96. The molecule has 0 aliphatic heterocycles. The van der Waals surface area contributed by atoms with Crippen LogP contribution >= 0.6 is 0 Å². The summed E-state index contributed by atoms with van der Waals surface area (Å²) in [6.45, 7) is 10.7. The molecule has 1 aromatic heterocycles. The van der Waals surface area contributed by atoms with Crippen molar-refractivity contribution in [1.82, 2.24) is 4.98 Å². The number of nitrogens with zero attached hydrogens (tertiary/aromatic N) is 1. The minimum absolute atomic E-state index is 0.957. The maximum atomic E-state index is 4.90. The summed E-state index contributed by atoms with van der Waals surface area (Å²) in [6.07, 6.45) is 1.03. The Bertz CT molecular complexity index is 859. The van der Waals surface area contributed by atoms with Gasteiger partial charge in [-0.05, 0) is 48.6 Å². The van der Waals surface area contributed by atoms with Crippen molar-refractivity contribution in [2.45, 2.75) is 27.2 Å². The van der Waals surface area contributed by atoms with Crippen molar-refractivity contribution in [3.63, 3.8) is 0 Å². The van der Waals surface area contributed by atoms with Crippen molar-refractivity contribution in [1.29, 1.82) is 0 Å². The maximum absolute atomic E-state index is 4.90. The van der Waals surface area contributed by atoms with Crippen LogP contribution in [0.4, 0.5) is 0 Å². The summed E-state index contributed by atoms with van der Waals surface area (Å²) in [4.78, 5) is 4.90. The van der Waals surface area contributed by atoms with E-state index in [1.165, 1.54) is 27.6 Å². The summed E-state index contributed by atoms with van der Waals surface area (Å²) in [7, 11) is 0. The van der Waals surface area contributed by atoms with Crippen LogP contribution in [0.25, 0.3) is 16.5 Å². The SMILES string of the molecule is C=C(c1ccc2ccc(CC)c(C)c2n1)c1ccccc1C. The van der Waals surface area contributed by atoms with Crippen molar-refractivity contribution in [2.75, 3.05) is 0 Å². The molecular formula is C21H21N. The van der Waals surface area contributed by atoms with Gasteiger partial charge in [-0.2, -0.15) is 0 Å². The predicted octanol–water partition coefficient (Wildman–Crippen LogP) is 5.48. The molecule has 0 atom stereocenters. The Kier molecular flexibility index (Phi) is 3.81. The molecule has 2 aromatic carbocycles. The molecule has 0 unspecified atom stereocenters. The van der Waals surface area contributed by atoms with Gasteiger partial charge in [0, 0.05) is 11.0 Å². The van der Waals surface area contributed by atoms with Gasteiger partial charge in [0.05, 0.1) is 11.2 Å². The number of fused-ring (bicyclic) bond motifs is 1. The smallest absolute Gasteiger partial charge is 0.0741 e. The van der Waals surface area contributed by atoms with Gasteiger partial charge in [-0.15, -0.1) is 0 Å². The Labute approximate surface area is 132 Å². The van der Waals surface area contributed by atoms with Gasteiger partial charge in [-0.3, -0.25) is 0 Å². The predicted molar refractivity (Wildman–Crippen MR) is 95.2 cm³/mol. The van der Waals surface area contributed by atoms with Crippen LogP contribution in [0.2, 0.25) is 0 Å². The van der Waals surface area contributed by atoms with E-state index in [1.54, 1.807) is 0 Å². The zero-order valence-electron chi connectivity index (χ0n) is 13.5. The van der Waals surface area contributed by atoms with Crippen molar-refractivity contribution < 1.29 is 0 Å². The fourth-order valence-electron chi connectivity index (χ4n) is 2.97. The fourth-order valence-corrected chi connectivity index (χ4v) is 2.97. The Morgan fingerprint density at radius 1 is 1.00 bits per heavy atom. The van der Waals surface area contributed by atoms with Crippen LogP contribution in [-0.4, -0.2) is 4.98 Å². The molecule has 0 aliphatic rings. The van der Waals surface area contributed by atoms with Crippen LogP contribution in [0.3, 0.4) is 0 Å². The highest BCUT2D eigenvalue weighted by Gasteiger charge is 2.09. The van der Waals surface area contributed by atoms with Gasteiger partial charge in [0.15, 0.2) is 0 Å². The van der Waals surface area contributed by atoms with Gasteiger partial charge in [0.1, 0.15) is 0 Å². The molecule has 0 N–H and O–H groups in total. The maximum Gasteiger partial charge on any atom is 0.0741 e. The van der Waals surface area contributed by atoms with E-state index in [0.29, 0.717) is 0 Å². The van der Waals surface area contributed by atoms with Gasteiger partial charge in [-0.25, -0.2) is 4.98 Å². The molecule has 0 radical (unpaired) electrons. The highest BCUT2D eigenvalue weighted by Crippen LogP contribution is 2.27. The average molecular weight is 287 g/mol. The lowest BCUT2D eigenvalue weighted by Gasteiger charge is -2.12. The van der Waals surface area contributed by atoms with Crippen LogP contribution in [0.1, 0.15) is 34.9 Å². The second-order valence-electron chi connectivity index (χ2n) is 5.76. The Morgan fingerprint density at radius 3 is 2.45 bits per heavy atom. The van der Waals surface area contributed by atoms with Crippen LogP contribution < -0.4 is 0 Å². The highest BCUT2D eigenvalue weighted by molar-refractivity contribution is 5.87. The molecule has 1 heterocycles. The molecule has 0 fully saturated rings. The first kappa shape index (κ1) is 14.5. The van der Waals surface area contributed by atoms with E-state index in [-0.39, 0.29) is 0 Å². The van der Waals surface area contributed by atoms with Crippen LogP contribution in [-0.2, 0) is 6.42 Å². The second-order valence-corrected chi connectivity index (χ2v) is 5.76. The van der Waals surface area contributed by atoms with Gasteiger partial charge >= 0.3 is 0 Å². The number of rotatable bonds is 3. The van der Waals surface area contributed by atoms with Crippen molar-refractivity contribution in [3.8, 4) is 0 Å². The molecular weight excluding hydrogens is 266 g/mol. The standard InChI is InChI=1S/C21H21N/c1-5-17-10-11-18-12-13-20(22-21(18)15(17)3)16(4)19-9-7-6-8-14(19)2/h6-13H,4-5H2,1-3H3. The molecule has 0 spiro atoms. The number of aryl methyl sites for hydroxylation is 3. The molecule has 1 nitrogen and oxygen atoms in total. The summed E-state index contributed by atoms with van der Waals surface area (Å²) in [5.41, 5.74) is 8.07. The summed E-state index contributed by atoms with van der Waals surface area (Å²) in [5.74, 6) is 0. The zero-order valence-corrected chi connectivity index (χ0v) is 13.5. The third-order valence-corrected chi connectivity index (χ3v) is 4.39. The largest absolute Gasteiger partial charge is 0.248 e. The molecule has 110 valence electrons. The molecule has 0 amide bonds. The third kappa shape index (κ3) is 2.43. The first-order chi connectivity index (χ1) is 10.6. The number of benzene rings is 2. The summed E-state index contributed by atoms with van der Waals surface area (Å²) >= 11 is 0. The van der Waals surface area contributed by atoms with Crippen molar-refractivity contribution in [3.05, 3.63) is 83.1 Å². The number of pyridine rings is 1. The van der Waals surface area contributed by atoms with E-state index >= 15 is 0 Å². The fraction of sp³-hybridized carbons (Fsp3) is 0.190. The third-order valence-electron chi connectivity index (χ3n) is 4.39. The number of hydrogen-bond acceptors (Lipinski definition) is 1. The minimum atomic E-state index is 0.957. The van der Waals surface area contributed by atoms with E-state index in [1.807, 2.05) is 0 Å². The molecule has 0 saturated heterocycles. The number of aromatic nitrogens is 1. The van der Waals surface area contributed by atoms with Gasteiger partial charge < -0.3 is 0 Å². The van der Waals surface area contributed by atoms with Crippen molar-refractivity contribution in [2.24, 2.45) is 0 Å². The monoisotopic (exact) mass is 287 g/mol. The molecule has 0 bridgehead atoms. The van der Waals surface area contributed by atoms with E-state index in [4.69, 9.17) is 4.98 Å². The van der Waals surface area contributed by atoms with E-state index in [0.717, 1.165) is 23.2 Å². The van der Waals surface area contributed by atoms with E-state index < -0.39 is 0 Å². The van der Waals surface area contributed by atoms with Gasteiger partial charge in [-0.1, -0.05) is 56.0 Å². The first-order valence-electron chi connectivity index (χ1n) is 7.76. The Morgan fingerprint density at radius 2 is 1.73 bits per heavy atom. The number of hydrogen-bond donors (Lipinski definition) is 0. The van der Waals surface area contributed by atoms with Crippen LogP contribution in [0.15, 0.2) is 55.1 Å². The highest BCUT2D eigenvalue weighted by atomic mass is 14.7. The molecule has 0 saturated carbocycles.